The monoisotopic (exact) mass is 141 g/mol. The van der Waals surface area contributed by atoms with E-state index in [-0.39, 0.29) is 0 Å². The molecule has 0 aromatic rings. The molecular weight excluding hydrogens is 130 g/mol. The Morgan fingerprint density at radius 2 is 2.33 bits per heavy atom. The van der Waals surface area contributed by atoms with E-state index in [1.807, 2.05) is 11.8 Å². The van der Waals surface area contributed by atoms with Crippen molar-refractivity contribution in [2.75, 3.05) is 12.3 Å². The first-order valence-corrected chi connectivity index (χ1v) is 4.62. The van der Waals surface area contributed by atoms with E-state index in [2.05, 4.69) is 4.99 Å². The molecule has 1 aliphatic carbocycles. The Labute approximate surface area is 59.9 Å². The summed E-state index contributed by atoms with van der Waals surface area (Å²) in [4.78, 5) is 4.44. The molecule has 2 heteroatoms. The Hall–Kier alpha value is 0.0200. The summed E-state index contributed by atoms with van der Waals surface area (Å²) in [6, 6.07) is 0. The second-order valence-electron chi connectivity index (χ2n) is 2.70. The Balaban J connectivity index is 1.95. The van der Waals surface area contributed by atoms with Gasteiger partial charge in [-0.15, -0.1) is 11.8 Å². The highest BCUT2D eigenvalue weighted by molar-refractivity contribution is 8.14. The molecule has 1 saturated carbocycles. The van der Waals surface area contributed by atoms with Gasteiger partial charge in [-0.05, 0) is 12.8 Å². The zero-order valence-corrected chi connectivity index (χ0v) is 6.28. The number of hydrogen-bond acceptors (Lipinski definition) is 2. The minimum absolute atomic E-state index is 0.887. The van der Waals surface area contributed by atoms with Gasteiger partial charge in [0.15, 0.2) is 0 Å². The quantitative estimate of drug-likeness (QED) is 0.543. The molecule has 1 nitrogen and oxygen atoms in total. The summed E-state index contributed by atoms with van der Waals surface area (Å²) in [5.41, 5.74) is 0. The van der Waals surface area contributed by atoms with Crippen LogP contribution in [0.4, 0.5) is 0 Å². The highest BCUT2D eigenvalue weighted by Gasteiger charge is 2.24. The van der Waals surface area contributed by atoms with Crippen LogP contribution in [-0.2, 0) is 0 Å². The predicted molar refractivity (Wildman–Crippen MR) is 42.1 cm³/mol. The maximum absolute atomic E-state index is 4.44. The van der Waals surface area contributed by atoms with Crippen molar-refractivity contribution in [3.05, 3.63) is 0 Å². The number of aliphatic imine (C=N–C) groups is 1. The molecule has 2 rings (SSSR count). The Morgan fingerprint density at radius 3 is 2.78 bits per heavy atom. The summed E-state index contributed by atoms with van der Waals surface area (Å²) in [5, 5.41) is 1.46. The smallest absolute Gasteiger partial charge is 0.0707 e. The molecule has 0 bridgehead atoms. The van der Waals surface area contributed by atoms with Crippen LogP contribution in [0.15, 0.2) is 4.99 Å². The van der Waals surface area contributed by atoms with Gasteiger partial charge < -0.3 is 0 Å². The van der Waals surface area contributed by atoms with E-state index in [1.54, 1.807) is 0 Å². The lowest BCUT2D eigenvalue weighted by Crippen LogP contribution is -2.17. The minimum atomic E-state index is 0.887. The fraction of sp³-hybridized carbons (Fsp3) is 0.857. The van der Waals surface area contributed by atoms with Gasteiger partial charge in [-0.25, -0.2) is 0 Å². The normalized spacial score (nSPS) is 27.8. The van der Waals surface area contributed by atoms with Crippen molar-refractivity contribution in [3.8, 4) is 0 Å². The Morgan fingerprint density at radius 1 is 1.44 bits per heavy atom. The van der Waals surface area contributed by atoms with E-state index in [1.165, 1.54) is 30.1 Å². The van der Waals surface area contributed by atoms with Crippen LogP contribution in [0.5, 0.6) is 0 Å². The summed E-state index contributed by atoms with van der Waals surface area (Å²) >= 11 is 1.98. The van der Waals surface area contributed by atoms with Crippen molar-refractivity contribution in [1.29, 1.82) is 0 Å². The molecule has 1 aliphatic heterocycles. The third-order valence-electron chi connectivity index (χ3n) is 2.06. The van der Waals surface area contributed by atoms with Crippen LogP contribution >= 0.6 is 11.8 Å². The van der Waals surface area contributed by atoms with Crippen LogP contribution in [-0.4, -0.2) is 17.3 Å². The lowest BCUT2D eigenvalue weighted by atomic mass is 9.86. The Bertz CT molecular complexity index is 138. The first-order valence-electron chi connectivity index (χ1n) is 3.64. The Kier molecular flexibility index (Phi) is 1.50. The average Bonchev–Trinajstić information content (AvgIpc) is 2.11. The fourth-order valence-corrected chi connectivity index (χ4v) is 2.30. The largest absolute Gasteiger partial charge is 0.282 e. The summed E-state index contributed by atoms with van der Waals surface area (Å²) in [6.45, 7) is 1.08. The number of rotatable bonds is 1. The van der Waals surface area contributed by atoms with E-state index < -0.39 is 0 Å². The van der Waals surface area contributed by atoms with Gasteiger partial charge in [0.1, 0.15) is 0 Å². The van der Waals surface area contributed by atoms with Gasteiger partial charge in [0.2, 0.25) is 0 Å². The second kappa shape index (κ2) is 2.33. The van der Waals surface area contributed by atoms with Gasteiger partial charge in [0, 0.05) is 18.2 Å². The standard InChI is InChI=1S/C7H11NS/c1-2-6(3-1)7-8-4-5-9-7/h6H,1-5H2. The third kappa shape index (κ3) is 1.00. The summed E-state index contributed by atoms with van der Waals surface area (Å²) in [7, 11) is 0. The molecule has 0 N–H and O–H groups in total. The van der Waals surface area contributed by atoms with E-state index >= 15 is 0 Å². The summed E-state index contributed by atoms with van der Waals surface area (Å²) in [5.74, 6) is 2.13. The van der Waals surface area contributed by atoms with Gasteiger partial charge in [0.25, 0.3) is 0 Å². The average molecular weight is 141 g/mol. The molecule has 0 amide bonds. The van der Waals surface area contributed by atoms with Crippen molar-refractivity contribution in [2.45, 2.75) is 19.3 Å². The first-order chi connectivity index (χ1) is 4.47. The van der Waals surface area contributed by atoms with E-state index in [9.17, 15) is 0 Å². The molecule has 0 spiro atoms. The topological polar surface area (TPSA) is 12.4 Å². The molecule has 1 fully saturated rings. The minimum Gasteiger partial charge on any atom is -0.282 e. The molecule has 0 saturated heterocycles. The number of hydrogen-bond donors (Lipinski definition) is 0. The van der Waals surface area contributed by atoms with Crippen molar-refractivity contribution < 1.29 is 0 Å². The molecule has 0 atom stereocenters. The third-order valence-corrected chi connectivity index (χ3v) is 3.21. The molecule has 2 aliphatic rings. The van der Waals surface area contributed by atoms with E-state index in [0.29, 0.717) is 0 Å². The molecule has 1 heterocycles. The molecule has 0 radical (unpaired) electrons. The zero-order chi connectivity index (χ0) is 6.10. The van der Waals surface area contributed by atoms with Crippen LogP contribution < -0.4 is 0 Å². The second-order valence-corrected chi connectivity index (χ2v) is 3.81. The van der Waals surface area contributed by atoms with Crippen LogP contribution in [0, 0.1) is 5.92 Å². The van der Waals surface area contributed by atoms with Crippen molar-refractivity contribution in [2.24, 2.45) is 10.9 Å². The van der Waals surface area contributed by atoms with Gasteiger partial charge in [-0.1, -0.05) is 6.42 Å². The maximum atomic E-state index is 4.44. The molecule has 0 aromatic heterocycles. The van der Waals surface area contributed by atoms with E-state index in [0.717, 1.165) is 12.5 Å². The van der Waals surface area contributed by atoms with Gasteiger partial charge in [-0.3, -0.25) is 4.99 Å². The molecule has 9 heavy (non-hydrogen) atoms. The summed E-state index contributed by atoms with van der Waals surface area (Å²) < 4.78 is 0. The van der Waals surface area contributed by atoms with Crippen LogP contribution in [0.3, 0.4) is 0 Å². The van der Waals surface area contributed by atoms with Crippen molar-refractivity contribution >= 4 is 16.8 Å². The predicted octanol–water partition coefficient (Wildman–Crippen LogP) is 1.93. The van der Waals surface area contributed by atoms with Crippen LogP contribution in [0.1, 0.15) is 19.3 Å². The molecule has 0 unspecified atom stereocenters. The highest BCUT2D eigenvalue weighted by Crippen LogP contribution is 2.33. The lowest BCUT2D eigenvalue weighted by molar-refractivity contribution is 0.418. The number of thioether (sulfide) groups is 1. The SMILES string of the molecule is C1CC(C2=NCCS2)C1. The maximum Gasteiger partial charge on any atom is 0.0707 e. The lowest BCUT2D eigenvalue weighted by Gasteiger charge is -2.24. The molecule has 50 valence electrons. The van der Waals surface area contributed by atoms with Gasteiger partial charge in [0.05, 0.1) is 5.04 Å². The summed E-state index contributed by atoms with van der Waals surface area (Å²) in [6.07, 6.45) is 4.25. The van der Waals surface area contributed by atoms with Crippen molar-refractivity contribution in [3.63, 3.8) is 0 Å². The first kappa shape index (κ1) is 5.78. The van der Waals surface area contributed by atoms with Crippen molar-refractivity contribution in [1.82, 2.24) is 0 Å². The highest BCUT2D eigenvalue weighted by atomic mass is 32.2. The molecular formula is C7H11NS. The van der Waals surface area contributed by atoms with Crippen LogP contribution in [0.2, 0.25) is 0 Å². The van der Waals surface area contributed by atoms with E-state index in [4.69, 9.17) is 0 Å². The number of nitrogens with zero attached hydrogens (tertiary/aromatic N) is 1. The van der Waals surface area contributed by atoms with Crippen LogP contribution in [0.25, 0.3) is 0 Å². The molecule has 0 aromatic carbocycles. The van der Waals surface area contributed by atoms with Gasteiger partial charge in [-0.2, -0.15) is 0 Å². The van der Waals surface area contributed by atoms with Gasteiger partial charge >= 0.3 is 0 Å². The zero-order valence-electron chi connectivity index (χ0n) is 5.47. The fourth-order valence-electron chi connectivity index (χ4n) is 1.25.